The van der Waals surface area contributed by atoms with Crippen molar-refractivity contribution in [2.24, 2.45) is 0 Å². The third-order valence-electron chi connectivity index (χ3n) is 2.68. The van der Waals surface area contributed by atoms with Crippen LogP contribution in [0.5, 0.6) is 0 Å². The van der Waals surface area contributed by atoms with E-state index < -0.39 is 0 Å². The van der Waals surface area contributed by atoms with Gasteiger partial charge >= 0.3 is 0 Å². The Morgan fingerprint density at radius 2 is 2.36 bits per heavy atom. The lowest BCUT2D eigenvalue weighted by Gasteiger charge is -2.22. The van der Waals surface area contributed by atoms with Gasteiger partial charge in [0.15, 0.2) is 0 Å². The molecule has 0 bridgehead atoms. The standard InChI is InChI=1S/C11H15ClN2/c1-2-14-7-6-13-8-9-10(12)4-3-5-11(9)14/h3-5,13H,2,6-8H2,1H3. The molecule has 1 N–H and O–H groups in total. The normalized spacial score (nSPS) is 16.3. The largest absolute Gasteiger partial charge is 0.370 e. The van der Waals surface area contributed by atoms with Gasteiger partial charge in [0.25, 0.3) is 0 Å². The number of hydrogen-bond acceptors (Lipinski definition) is 2. The van der Waals surface area contributed by atoms with Gasteiger partial charge in [0.05, 0.1) is 0 Å². The summed E-state index contributed by atoms with van der Waals surface area (Å²) in [4.78, 5) is 2.36. The van der Waals surface area contributed by atoms with E-state index in [1.165, 1.54) is 11.3 Å². The minimum Gasteiger partial charge on any atom is -0.370 e. The second-order valence-electron chi connectivity index (χ2n) is 3.49. The lowest BCUT2D eigenvalue weighted by Crippen LogP contribution is -2.28. The van der Waals surface area contributed by atoms with E-state index in [9.17, 15) is 0 Å². The first-order valence-electron chi connectivity index (χ1n) is 5.06. The third-order valence-corrected chi connectivity index (χ3v) is 3.03. The molecule has 0 aromatic heterocycles. The highest BCUT2D eigenvalue weighted by Crippen LogP contribution is 2.28. The number of halogens is 1. The van der Waals surface area contributed by atoms with Gasteiger partial charge in [-0.05, 0) is 19.1 Å². The average molecular weight is 211 g/mol. The van der Waals surface area contributed by atoms with E-state index in [1.54, 1.807) is 0 Å². The summed E-state index contributed by atoms with van der Waals surface area (Å²) in [5.74, 6) is 0. The van der Waals surface area contributed by atoms with Crippen LogP contribution >= 0.6 is 11.6 Å². The summed E-state index contributed by atoms with van der Waals surface area (Å²) in [7, 11) is 0. The maximum absolute atomic E-state index is 6.17. The molecule has 1 aromatic rings. The molecule has 1 heterocycles. The van der Waals surface area contributed by atoms with Crippen molar-refractivity contribution in [3.8, 4) is 0 Å². The molecule has 3 heteroatoms. The molecular weight excluding hydrogens is 196 g/mol. The summed E-state index contributed by atoms with van der Waals surface area (Å²) in [5.41, 5.74) is 2.51. The van der Waals surface area contributed by atoms with Crippen molar-refractivity contribution >= 4 is 17.3 Å². The van der Waals surface area contributed by atoms with Crippen LogP contribution in [0.3, 0.4) is 0 Å². The van der Waals surface area contributed by atoms with Crippen LogP contribution in [0.1, 0.15) is 12.5 Å². The molecule has 0 atom stereocenters. The van der Waals surface area contributed by atoms with Gasteiger partial charge < -0.3 is 10.2 Å². The maximum atomic E-state index is 6.17. The summed E-state index contributed by atoms with van der Waals surface area (Å²) < 4.78 is 0. The Labute approximate surface area is 89.9 Å². The second kappa shape index (κ2) is 4.20. The van der Waals surface area contributed by atoms with Crippen molar-refractivity contribution in [1.29, 1.82) is 0 Å². The zero-order chi connectivity index (χ0) is 9.97. The number of anilines is 1. The molecule has 76 valence electrons. The topological polar surface area (TPSA) is 15.3 Å². The first kappa shape index (κ1) is 9.81. The molecule has 0 amide bonds. The smallest absolute Gasteiger partial charge is 0.0471 e. The van der Waals surface area contributed by atoms with Crippen molar-refractivity contribution in [3.63, 3.8) is 0 Å². The fourth-order valence-corrected chi connectivity index (χ4v) is 2.13. The van der Waals surface area contributed by atoms with Gasteiger partial charge in [-0.3, -0.25) is 0 Å². The molecule has 0 saturated heterocycles. The lowest BCUT2D eigenvalue weighted by atomic mass is 10.1. The molecule has 0 fully saturated rings. The highest BCUT2D eigenvalue weighted by atomic mass is 35.5. The van der Waals surface area contributed by atoms with Crippen LogP contribution in [0.4, 0.5) is 5.69 Å². The molecule has 0 spiro atoms. The quantitative estimate of drug-likeness (QED) is 0.765. The molecule has 0 unspecified atom stereocenters. The van der Waals surface area contributed by atoms with E-state index in [0.717, 1.165) is 31.2 Å². The highest BCUT2D eigenvalue weighted by Gasteiger charge is 2.14. The second-order valence-corrected chi connectivity index (χ2v) is 3.90. The van der Waals surface area contributed by atoms with Crippen LogP contribution in [0, 0.1) is 0 Å². The van der Waals surface area contributed by atoms with Gasteiger partial charge in [-0.25, -0.2) is 0 Å². The molecule has 0 aliphatic carbocycles. The molecule has 1 aromatic carbocycles. The Kier molecular flexibility index (Phi) is 2.94. The van der Waals surface area contributed by atoms with E-state index in [1.807, 2.05) is 12.1 Å². The average Bonchev–Trinajstić information content (AvgIpc) is 2.40. The lowest BCUT2D eigenvalue weighted by molar-refractivity contribution is 0.695. The molecule has 1 aliphatic heterocycles. The van der Waals surface area contributed by atoms with Crippen LogP contribution in [0.2, 0.25) is 5.02 Å². The summed E-state index contributed by atoms with van der Waals surface area (Å²) in [5, 5.41) is 4.25. The fraction of sp³-hybridized carbons (Fsp3) is 0.455. The molecule has 14 heavy (non-hydrogen) atoms. The molecular formula is C11H15ClN2. The zero-order valence-electron chi connectivity index (χ0n) is 8.39. The van der Waals surface area contributed by atoms with Crippen molar-refractivity contribution in [3.05, 3.63) is 28.8 Å². The number of benzene rings is 1. The number of likely N-dealkylation sites (N-methyl/N-ethyl adjacent to an activating group) is 1. The molecule has 0 saturated carbocycles. The SMILES string of the molecule is CCN1CCNCc2c(Cl)cccc21. The van der Waals surface area contributed by atoms with Gasteiger partial charge in [0.1, 0.15) is 0 Å². The number of nitrogens with one attached hydrogen (secondary N) is 1. The van der Waals surface area contributed by atoms with Crippen LogP contribution < -0.4 is 10.2 Å². The van der Waals surface area contributed by atoms with Crippen molar-refractivity contribution in [2.75, 3.05) is 24.5 Å². The summed E-state index contributed by atoms with van der Waals surface area (Å²) >= 11 is 6.17. The number of rotatable bonds is 1. The molecule has 1 aliphatic rings. The molecule has 0 radical (unpaired) electrons. The molecule has 2 nitrogen and oxygen atoms in total. The number of nitrogens with zero attached hydrogens (tertiary/aromatic N) is 1. The number of fused-ring (bicyclic) bond motifs is 1. The fourth-order valence-electron chi connectivity index (χ4n) is 1.89. The summed E-state index contributed by atoms with van der Waals surface area (Å²) in [6, 6.07) is 6.13. The van der Waals surface area contributed by atoms with Gasteiger partial charge in [0.2, 0.25) is 0 Å². The van der Waals surface area contributed by atoms with E-state index in [-0.39, 0.29) is 0 Å². The maximum Gasteiger partial charge on any atom is 0.0471 e. The predicted molar refractivity (Wildman–Crippen MR) is 61.0 cm³/mol. The van der Waals surface area contributed by atoms with E-state index in [0.29, 0.717) is 0 Å². The Bertz CT molecular complexity index is 325. The monoisotopic (exact) mass is 210 g/mol. The first-order valence-corrected chi connectivity index (χ1v) is 5.43. The number of hydrogen-bond donors (Lipinski definition) is 1. The van der Waals surface area contributed by atoms with Gasteiger partial charge in [-0.1, -0.05) is 17.7 Å². The minimum atomic E-state index is 0.871. The van der Waals surface area contributed by atoms with Crippen molar-refractivity contribution in [1.82, 2.24) is 5.32 Å². The molecule has 2 rings (SSSR count). The van der Waals surface area contributed by atoms with Crippen LogP contribution in [0.15, 0.2) is 18.2 Å². The first-order chi connectivity index (χ1) is 6.83. The summed E-state index contributed by atoms with van der Waals surface area (Å²) in [6.07, 6.45) is 0. The van der Waals surface area contributed by atoms with E-state index in [4.69, 9.17) is 11.6 Å². The van der Waals surface area contributed by atoms with Crippen LogP contribution in [-0.4, -0.2) is 19.6 Å². The van der Waals surface area contributed by atoms with Crippen LogP contribution in [0.25, 0.3) is 0 Å². The van der Waals surface area contributed by atoms with Crippen molar-refractivity contribution < 1.29 is 0 Å². The Hall–Kier alpha value is -0.730. The Balaban J connectivity index is 2.44. The van der Waals surface area contributed by atoms with Gasteiger partial charge in [-0.2, -0.15) is 0 Å². The van der Waals surface area contributed by atoms with E-state index in [2.05, 4.69) is 23.2 Å². The van der Waals surface area contributed by atoms with Crippen molar-refractivity contribution in [2.45, 2.75) is 13.5 Å². The third kappa shape index (κ3) is 1.72. The van der Waals surface area contributed by atoms with Gasteiger partial charge in [-0.15, -0.1) is 0 Å². The summed E-state index contributed by atoms with van der Waals surface area (Å²) in [6.45, 7) is 6.18. The predicted octanol–water partition coefficient (Wildman–Crippen LogP) is 2.27. The van der Waals surface area contributed by atoms with Crippen LogP contribution in [-0.2, 0) is 6.54 Å². The Morgan fingerprint density at radius 3 is 3.14 bits per heavy atom. The Morgan fingerprint density at radius 1 is 1.50 bits per heavy atom. The minimum absolute atomic E-state index is 0.871. The highest BCUT2D eigenvalue weighted by molar-refractivity contribution is 6.31. The van der Waals surface area contributed by atoms with Gasteiger partial charge in [0, 0.05) is 42.5 Å². The zero-order valence-corrected chi connectivity index (χ0v) is 9.14. The van der Waals surface area contributed by atoms with E-state index >= 15 is 0 Å².